The minimum absolute atomic E-state index is 1.01. The molecule has 1 unspecified atom stereocenters. The molecule has 0 spiro atoms. The fourth-order valence-corrected chi connectivity index (χ4v) is 4.21. The zero-order chi connectivity index (χ0) is 13.5. The summed E-state index contributed by atoms with van der Waals surface area (Å²) in [5, 5.41) is 0. The van der Waals surface area contributed by atoms with Crippen LogP contribution in [0, 0.1) is 17.8 Å². The van der Waals surface area contributed by atoms with Crippen LogP contribution in [0.25, 0.3) is 0 Å². The summed E-state index contributed by atoms with van der Waals surface area (Å²) >= 11 is 0. The Labute approximate surface area is 120 Å². The van der Waals surface area contributed by atoms with Crippen molar-refractivity contribution in [1.29, 1.82) is 0 Å². The molecule has 0 aliphatic heterocycles. The van der Waals surface area contributed by atoms with Gasteiger partial charge in [-0.1, -0.05) is 50.3 Å². The molecule has 0 heteroatoms. The van der Waals surface area contributed by atoms with E-state index in [2.05, 4.69) is 25.7 Å². The van der Waals surface area contributed by atoms with Crippen molar-refractivity contribution in [3.63, 3.8) is 0 Å². The predicted molar refractivity (Wildman–Crippen MR) is 85.2 cm³/mol. The molecule has 108 valence electrons. The van der Waals surface area contributed by atoms with E-state index < -0.39 is 0 Å². The molecule has 1 saturated carbocycles. The van der Waals surface area contributed by atoms with E-state index in [-0.39, 0.29) is 0 Å². The van der Waals surface area contributed by atoms with Crippen LogP contribution in [0.3, 0.4) is 0 Å². The van der Waals surface area contributed by atoms with Crippen molar-refractivity contribution in [1.82, 2.24) is 0 Å². The quantitative estimate of drug-likeness (QED) is 0.493. The third-order valence-electron chi connectivity index (χ3n) is 5.47. The molecular formula is C19H32. The van der Waals surface area contributed by atoms with Gasteiger partial charge in [-0.2, -0.15) is 0 Å². The summed E-state index contributed by atoms with van der Waals surface area (Å²) < 4.78 is 0. The summed E-state index contributed by atoms with van der Waals surface area (Å²) in [6.45, 7) is 6.16. The Bertz CT molecular complexity index is 291. The Morgan fingerprint density at radius 1 is 1.16 bits per heavy atom. The van der Waals surface area contributed by atoms with E-state index in [9.17, 15) is 0 Å². The van der Waals surface area contributed by atoms with Crippen LogP contribution >= 0.6 is 0 Å². The van der Waals surface area contributed by atoms with Crippen molar-refractivity contribution in [2.24, 2.45) is 17.8 Å². The minimum Gasteiger partial charge on any atom is -0.103 e. The smallest absolute Gasteiger partial charge is 0.0286 e. The lowest BCUT2D eigenvalue weighted by molar-refractivity contribution is 0.186. The van der Waals surface area contributed by atoms with Gasteiger partial charge in [-0.15, -0.1) is 6.58 Å². The lowest BCUT2D eigenvalue weighted by atomic mass is 9.70. The van der Waals surface area contributed by atoms with E-state index in [1.807, 2.05) is 0 Å². The van der Waals surface area contributed by atoms with Crippen LogP contribution in [0.1, 0.15) is 77.6 Å². The maximum absolute atomic E-state index is 3.83. The van der Waals surface area contributed by atoms with E-state index in [1.54, 1.807) is 5.57 Å². The highest BCUT2D eigenvalue weighted by molar-refractivity contribution is 5.08. The molecule has 0 aromatic rings. The van der Waals surface area contributed by atoms with Crippen LogP contribution in [0.2, 0.25) is 0 Å². The van der Waals surface area contributed by atoms with Crippen LogP contribution in [0.4, 0.5) is 0 Å². The van der Waals surface area contributed by atoms with E-state index >= 15 is 0 Å². The first-order valence-corrected chi connectivity index (χ1v) is 8.62. The van der Waals surface area contributed by atoms with Crippen LogP contribution in [-0.2, 0) is 0 Å². The molecule has 1 fully saturated rings. The van der Waals surface area contributed by atoms with Gasteiger partial charge in [-0.05, 0) is 62.7 Å². The molecule has 0 bridgehead atoms. The summed E-state index contributed by atoms with van der Waals surface area (Å²) in [4.78, 5) is 0. The third-order valence-corrected chi connectivity index (χ3v) is 5.47. The van der Waals surface area contributed by atoms with Crippen molar-refractivity contribution < 1.29 is 0 Å². The van der Waals surface area contributed by atoms with Gasteiger partial charge in [-0.3, -0.25) is 0 Å². The Hall–Kier alpha value is -0.520. The van der Waals surface area contributed by atoms with Crippen molar-refractivity contribution in [3.05, 3.63) is 24.3 Å². The van der Waals surface area contributed by atoms with Crippen molar-refractivity contribution >= 4 is 0 Å². The second kappa shape index (κ2) is 7.92. The zero-order valence-corrected chi connectivity index (χ0v) is 12.9. The molecule has 0 heterocycles. The number of allylic oxidation sites excluding steroid dienone is 3. The molecule has 19 heavy (non-hydrogen) atoms. The van der Waals surface area contributed by atoms with Gasteiger partial charge in [0.25, 0.3) is 0 Å². The molecule has 0 aromatic carbocycles. The molecule has 2 aliphatic carbocycles. The van der Waals surface area contributed by atoms with Gasteiger partial charge in [0.1, 0.15) is 0 Å². The highest BCUT2D eigenvalue weighted by Gasteiger charge is 2.28. The van der Waals surface area contributed by atoms with Gasteiger partial charge < -0.3 is 0 Å². The monoisotopic (exact) mass is 260 g/mol. The summed E-state index contributed by atoms with van der Waals surface area (Å²) in [7, 11) is 0. The largest absolute Gasteiger partial charge is 0.103 e. The van der Waals surface area contributed by atoms with Gasteiger partial charge in [0.2, 0.25) is 0 Å². The second-order valence-corrected chi connectivity index (χ2v) is 6.79. The highest BCUT2D eigenvalue weighted by Crippen LogP contribution is 2.41. The average Bonchev–Trinajstić information content (AvgIpc) is 2.47. The van der Waals surface area contributed by atoms with Gasteiger partial charge in [0, 0.05) is 0 Å². The number of hydrogen-bond acceptors (Lipinski definition) is 0. The summed E-state index contributed by atoms with van der Waals surface area (Å²) in [6.07, 6.45) is 20.2. The van der Waals surface area contributed by atoms with Gasteiger partial charge in [0.05, 0.1) is 0 Å². The van der Waals surface area contributed by atoms with Gasteiger partial charge in [0.15, 0.2) is 0 Å². The molecule has 1 atom stereocenters. The molecule has 0 N–H and O–H groups in total. The SMILES string of the molecule is C=CCCC1=CCC(C2CCC(CCC)CC2)CC1. The van der Waals surface area contributed by atoms with Crippen LogP contribution < -0.4 is 0 Å². The topological polar surface area (TPSA) is 0 Å². The van der Waals surface area contributed by atoms with E-state index in [1.165, 1.54) is 70.6 Å². The highest BCUT2D eigenvalue weighted by atomic mass is 14.3. The molecule has 0 radical (unpaired) electrons. The lowest BCUT2D eigenvalue weighted by Gasteiger charge is -2.35. The Balaban J connectivity index is 1.73. The number of hydrogen-bond donors (Lipinski definition) is 0. The number of rotatable bonds is 6. The van der Waals surface area contributed by atoms with Crippen molar-refractivity contribution in [3.8, 4) is 0 Å². The molecule has 2 rings (SSSR count). The van der Waals surface area contributed by atoms with Gasteiger partial charge in [-0.25, -0.2) is 0 Å². The van der Waals surface area contributed by atoms with Crippen LogP contribution in [0.15, 0.2) is 24.3 Å². The van der Waals surface area contributed by atoms with Crippen molar-refractivity contribution in [2.75, 3.05) is 0 Å². The van der Waals surface area contributed by atoms with E-state index in [0.717, 1.165) is 17.8 Å². The first-order chi connectivity index (χ1) is 9.33. The molecule has 0 saturated heterocycles. The molecule has 0 aromatic heterocycles. The van der Waals surface area contributed by atoms with Gasteiger partial charge >= 0.3 is 0 Å². The predicted octanol–water partition coefficient (Wildman–Crippen LogP) is 6.29. The minimum atomic E-state index is 1.01. The summed E-state index contributed by atoms with van der Waals surface area (Å²) in [5.41, 5.74) is 1.70. The standard InChI is InChI=1S/C19H32/c1-3-5-7-17-10-14-19(15-11-17)18-12-8-16(6-4-2)9-13-18/h3,10,16,18-19H,1,4-9,11-15H2,2H3. The first-order valence-electron chi connectivity index (χ1n) is 8.62. The van der Waals surface area contributed by atoms with Crippen LogP contribution in [-0.4, -0.2) is 0 Å². The van der Waals surface area contributed by atoms with Crippen LogP contribution in [0.5, 0.6) is 0 Å². The maximum atomic E-state index is 3.83. The maximum Gasteiger partial charge on any atom is -0.0286 e. The molecule has 0 amide bonds. The van der Waals surface area contributed by atoms with E-state index in [4.69, 9.17) is 0 Å². The lowest BCUT2D eigenvalue weighted by Crippen LogP contribution is -2.23. The summed E-state index contributed by atoms with van der Waals surface area (Å²) in [5.74, 6) is 3.11. The third kappa shape index (κ3) is 4.51. The fraction of sp³-hybridized carbons (Fsp3) is 0.789. The first kappa shape index (κ1) is 14.9. The molecular weight excluding hydrogens is 228 g/mol. The molecule has 0 nitrogen and oxygen atoms in total. The van der Waals surface area contributed by atoms with Crippen molar-refractivity contribution in [2.45, 2.75) is 77.6 Å². The molecule has 2 aliphatic rings. The Morgan fingerprint density at radius 3 is 2.53 bits per heavy atom. The summed E-state index contributed by atoms with van der Waals surface area (Å²) in [6, 6.07) is 0. The zero-order valence-electron chi connectivity index (χ0n) is 12.9. The van der Waals surface area contributed by atoms with E-state index in [0.29, 0.717) is 0 Å². The average molecular weight is 260 g/mol. The Kier molecular flexibility index (Phi) is 6.20. The fourth-order valence-electron chi connectivity index (χ4n) is 4.21. The second-order valence-electron chi connectivity index (χ2n) is 6.79. The normalized spacial score (nSPS) is 31.8. The Morgan fingerprint density at radius 2 is 1.95 bits per heavy atom.